The van der Waals surface area contributed by atoms with E-state index in [4.69, 9.17) is 27.9 Å². The molecule has 0 radical (unpaired) electrons. The van der Waals surface area contributed by atoms with E-state index in [2.05, 4.69) is 0 Å². The molecule has 0 aliphatic carbocycles. The van der Waals surface area contributed by atoms with Crippen LogP contribution in [0.15, 0.2) is 39.2 Å². The Bertz CT molecular complexity index is 454. The van der Waals surface area contributed by atoms with Crippen molar-refractivity contribution < 1.29 is 9.53 Å². The fourth-order valence-electron chi connectivity index (χ4n) is 1.22. The zero-order chi connectivity index (χ0) is 11.7. The number of carbonyl (C=O) groups excluding carboxylic acids is 1. The summed E-state index contributed by atoms with van der Waals surface area (Å²) in [5, 5.41) is 0.239. The van der Waals surface area contributed by atoms with E-state index >= 15 is 0 Å². The van der Waals surface area contributed by atoms with Gasteiger partial charge in [-0.2, -0.15) is 0 Å². The van der Waals surface area contributed by atoms with Crippen molar-refractivity contribution in [3.8, 4) is 0 Å². The molecule has 1 aromatic carbocycles. The van der Waals surface area contributed by atoms with Crippen molar-refractivity contribution in [3.05, 3.63) is 39.9 Å². The molecule has 0 fully saturated rings. The second kappa shape index (κ2) is 4.70. The zero-order valence-electron chi connectivity index (χ0n) is 8.37. The number of aryl methyl sites for hydroxylation is 1. The van der Waals surface area contributed by atoms with Gasteiger partial charge in [-0.25, -0.2) is 4.79 Å². The summed E-state index contributed by atoms with van der Waals surface area (Å²) in [5.41, 5.74) is 0.650. The number of benzene rings is 1. The normalized spacial score (nSPS) is 20.2. The highest BCUT2D eigenvalue weighted by Gasteiger charge is 2.32. The molecule has 1 aromatic rings. The summed E-state index contributed by atoms with van der Waals surface area (Å²) in [6, 6.07) is 7.87. The van der Waals surface area contributed by atoms with Crippen LogP contribution >= 0.6 is 35.0 Å². The molecule has 84 valence electrons. The summed E-state index contributed by atoms with van der Waals surface area (Å²) in [7, 11) is 0. The molecule has 0 aromatic heterocycles. The number of thioether (sulfide) groups is 1. The van der Waals surface area contributed by atoms with Gasteiger partial charge in [0.25, 0.3) is 0 Å². The average molecular weight is 275 g/mol. The van der Waals surface area contributed by atoms with Crippen molar-refractivity contribution in [1.29, 1.82) is 0 Å². The van der Waals surface area contributed by atoms with Crippen LogP contribution in [0.2, 0.25) is 0 Å². The van der Waals surface area contributed by atoms with E-state index in [-0.39, 0.29) is 10.1 Å². The number of ether oxygens (including phenoxy) is 1. The Morgan fingerprint density at radius 1 is 1.25 bits per heavy atom. The summed E-state index contributed by atoms with van der Waals surface area (Å²) in [5.74, 6) is -0.559. The van der Waals surface area contributed by atoms with Crippen LogP contribution in [0, 0.1) is 6.92 Å². The number of halogens is 2. The van der Waals surface area contributed by atoms with E-state index in [0.717, 1.165) is 4.90 Å². The molecule has 0 bridgehead atoms. The summed E-state index contributed by atoms with van der Waals surface area (Å²) in [4.78, 5) is 12.1. The van der Waals surface area contributed by atoms with Crippen molar-refractivity contribution in [2.24, 2.45) is 0 Å². The SMILES string of the molecule is Cc1ccc(SC2OC(=O)C(Cl)=C2Cl)cc1. The number of cyclic esters (lactones) is 1. The lowest BCUT2D eigenvalue weighted by molar-refractivity contribution is -0.136. The maximum absolute atomic E-state index is 11.1. The second-order valence-corrected chi connectivity index (χ2v) is 5.25. The van der Waals surface area contributed by atoms with Gasteiger partial charge < -0.3 is 4.74 Å². The van der Waals surface area contributed by atoms with E-state index in [1.54, 1.807) is 0 Å². The minimum absolute atomic E-state index is 0.0220. The second-order valence-electron chi connectivity index (χ2n) is 3.33. The molecule has 0 N–H and O–H groups in total. The van der Waals surface area contributed by atoms with E-state index in [9.17, 15) is 4.79 Å². The Labute approximate surface area is 108 Å². The third-order valence-electron chi connectivity index (χ3n) is 2.07. The standard InChI is InChI=1S/C11H8Cl2O2S/c1-6-2-4-7(5-3-6)16-11-9(13)8(12)10(14)15-11/h2-5,11H,1H3. The largest absolute Gasteiger partial charge is 0.441 e. The molecule has 2 nitrogen and oxygen atoms in total. The Morgan fingerprint density at radius 3 is 2.38 bits per heavy atom. The van der Waals surface area contributed by atoms with Crippen LogP contribution in [0.4, 0.5) is 0 Å². The average Bonchev–Trinajstić information content (AvgIpc) is 2.50. The molecule has 5 heteroatoms. The van der Waals surface area contributed by atoms with Gasteiger partial charge in [0.15, 0.2) is 5.44 Å². The predicted octanol–water partition coefficient (Wildman–Crippen LogP) is 3.66. The number of hydrogen-bond donors (Lipinski definition) is 0. The molecule has 0 saturated carbocycles. The Kier molecular flexibility index (Phi) is 3.47. The third kappa shape index (κ3) is 2.37. The first-order chi connectivity index (χ1) is 7.58. The van der Waals surface area contributed by atoms with Crippen molar-refractivity contribution in [3.63, 3.8) is 0 Å². The number of rotatable bonds is 2. The van der Waals surface area contributed by atoms with E-state index in [0.29, 0.717) is 0 Å². The van der Waals surface area contributed by atoms with Gasteiger partial charge in [0, 0.05) is 4.90 Å². The molecule has 0 amide bonds. The first-order valence-corrected chi connectivity index (χ1v) is 6.21. The number of hydrogen-bond acceptors (Lipinski definition) is 3. The molecule has 2 rings (SSSR count). The monoisotopic (exact) mass is 274 g/mol. The van der Waals surface area contributed by atoms with Crippen LogP contribution in [0.25, 0.3) is 0 Å². The zero-order valence-corrected chi connectivity index (χ0v) is 10.7. The smallest absolute Gasteiger partial charge is 0.352 e. The highest BCUT2D eigenvalue weighted by Crippen LogP contribution is 2.38. The first-order valence-electron chi connectivity index (χ1n) is 4.57. The van der Waals surface area contributed by atoms with Crippen LogP contribution in [0.5, 0.6) is 0 Å². The molecule has 1 atom stereocenters. The summed E-state index contributed by atoms with van der Waals surface area (Å²) in [6.45, 7) is 2.01. The minimum atomic E-state index is -0.559. The molecule has 0 saturated heterocycles. The van der Waals surface area contributed by atoms with Crippen molar-refractivity contribution in [2.75, 3.05) is 0 Å². The van der Waals surface area contributed by atoms with E-state index in [1.807, 2.05) is 31.2 Å². The van der Waals surface area contributed by atoms with Gasteiger partial charge in [-0.1, -0.05) is 52.7 Å². The van der Waals surface area contributed by atoms with Gasteiger partial charge in [0.2, 0.25) is 0 Å². The van der Waals surface area contributed by atoms with Crippen molar-refractivity contribution >= 4 is 40.9 Å². The lowest BCUT2D eigenvalue weighted by atomic mass is 10.2. The molecule has 1 heterocycles. The fraction of sp³-hybridized carbons (Fsp3) is 0.182. The molecule has 1 aliphatic rings. The quantitative estimate of drug-likeness (QED) is 0.770. The van der Waals surface area contributed by atoms with Crippen LogP contribution < -0.4 is 0 Å². The molecule has 0 spiro atoms. The van der Waals surface area contributed by atoms with Gasteiger partial charge in [-0.05, 0) is 19.1 Å². The maximum Gasteiger partial charge on any atom is 0.352 e. The summed E-state index contributed by atoms with van der Waals surface area (Å²) >= 11 is 12.9. The predicted molar refractivity (Wildman–Crippen MR) is 65.6 cm³/mol. The highest BCUT2D eigenvalue weighted by molar-refractivity contribution is 8.00. The highest BCUT2D eigenvalue weighted by atomic mass is 35.5. The number of esters is 1. The maximum atomic E-state index is 11.1. The van der Waals surface area contributed by atoms with Crippen molar-refractivity contribution in [1.82, 2.24) is 0 Å². The topological polar surface area (TPSA) is 26.3 Å². The molecular weight excluding hydrogens is 267 g/mol. The van der Waals surface area contributed by atoms with Crippen LogP contribution in [0.3, 0.4) is 0 Å². The van der Waals surface area contributed by atoms with Gasteiger partial charge in [0.05, 0.1) is 5.03 Å². The van der Waals surface area contributed by atoms with Crippen LogP contribution in [0.1, 0.15) is 5.56 Å². The van der Waals surface area contributed by atoms with Crippen LogP contribution in [-0.2, 0) is 9.53 Å². The first kappa shape index (κ1) is 11.8. The molecule has 1 aliphatic heterocycles. The number of carbonyl (C=O) groups is 1. The lowest BCUT2D eigenvalue weighted by Crippen LogP contribution is -2.04. The molecular formula is C11H8Cl2O2S. The molecule has 16 heavy (non-hydrogen) atoms. The van der Waals surface area contributed by atoms with Gasteiger partial charge in [-0.3, -0.25) is 0 Å². The summed E-state index contributed by atoms with van der Waals surface area (Å²) in [6.07, 6.45) is 0. The Morgan fingerprint density at radius 2 is 1.88 bits per heavy atom. The minimum Gasteiger partial charge on any atom is -0.441 e. The summed E-state index contributed by atoms with van der Waals surface area (Å²) < 4.78 is 5.01. The lowest BCUT2D eigenvalue weighted by Gasteiger charge is -2.09. The van der Waals surface area contributed by atoms with Crippen LogP contribution in [-0.4, -0.2) is 11.4 Å². The molecule has 1 unspecified atom stereocenters. The Balaban J connectivity index is 2.12. The van der Waals surface area contributed by atoms with E-state index in [1.165, 1.54) is 17.3 Å². The van der Waals surface area contributed by atoms with Gasteiger partial charge in [0.1, 0.15) is 5.03 Å². The third-order valence-corrected chi connectivity index (χ3v) is 4.14. The fourth-order valence-corrected chi connectivity index (χ4v) is 2.58. The van der Waals surface area contributed by atoms with Gasteiger partial charge >= 0.3 is 5.97 Å². The Hall–Kier alpha value is -0.640. The van der Waals surface area contributed by atoms with Crippen molar-refractivity contribution in [2.45, 2.75) is 17.3 Å². The van der Waals surface area contributed by atoms with Gasteiger partial charge in [-0.15, -0.1) is 0 Å². The van der Waals surface area contributed by atoms with E-state index < -0.39 is 11.4 Å².